The highest BCUT2D eigenvalue weighted by atomic mass is 35.5. The van der Waals surface area contributed by atoms with Gasteiger partial charge < -0.3 is 10.2 Å². The van der Waals surface area contributed by atoms with Gasteiger partial charge in [-0.1, -0.05) is 25.4 Å². The number of halogens is 1. The van der Waals surface area contributed by atoms with Gasteiger partial charge in [0.25, 0.3) is 0 Å². The molecule has 0 aliphatic heterocycles. The minimum absolute atomic E-state index is 0.124. The van der Waals surface area contributed by atoms with Crippen molar-refractivity contribution in [1.29, 1.82) is 0 Å². The first-order valence-electron chi connectivity index (χ1n) is 7.03. The lowest BCUT2D eigenvalue weighted by Gasteiger charge is -2.17. The molecule has 1 aromatic rings. The van der Waals surface area contributed by atoms with Gasteiger partial charge in [0.05, 0.1) is 0 Å². The summed E-state index contributed by atoms with van der Waals surface area (Å²) in [6.45, 7) is 7.97. The molecule has 20 heavy (non-hydrogen) atoms. The fraction of sp³-hybridized carbons (Fsp3) is 0.533. The summed E-state index contributed by atoms with van der Waals surface area (Å²) in [4.78, 5) is 15.1. The average Bonchev–Trinajstić information content (AvgIpc) is 2.46. The molecule has 5 heteroatoms. The van der Waals surface area contributed by atoms with Crippen molar-refractivity contribution in [1.82, 2.24) is 10.2 Å². The monoisotopic (exact) mass is 314 g/mol. The van der Waals surface area contributed by atoms with Gasteiger partial charge in [0.1, 0.15) is 0 Å². The van der Waals surface area contributed by atoms with Gasteiger partial charge in [-0.3, -0.25) is 4.79 Å². The van der Waals surface area contributed by atoms with Crippen LogP contribution >= 0.6 is 23.4 Å². The van der Waals surface area contributed by atoms with Gasteiger partial charge in [0, 0.05) is 35.2 Å². The lowest BCUT2D eigenvalue weighted by atomic mass is 10.4. The minimum atomic E-state index is 0.124. The number of nitrogens with zero attached hydrogens (tertiary/aromatic N) is 1. The van der Waals surface area contributed by atoms with Crippen LogP contribution in [-0.4, -0.2) is 42.7 Å². The molecule has 0 aliphatic rings. The highest BCUT2D eigenvalue weighted by Crippen LogP contribution is 2.20. The third-order valence-electron chi connectivity index (χ3n) is 3.06. The first-order valence-corrected chi connectivity index (χ1v) is 8.39. The van der Waals surface area contributed by atoms with Crippen molar-refractivity contribution in [3.63, 3.8) is 0 Å². The largest absolute Gasteiger partial charge is 0.355 e. The van der Waals surface area contributed by atoms with Crippen LogP contribution in [0.4, 0.5) is 0 Å². The van der Waals surface area contributed by atoms with E-state index in [1.165, 1.54) is 0 Å². The van der Waals surface area contributed by atoms with Crippen molar-refractivity contribution < 1.29 is 4.79 Å². The summed E-state index contributed by atoms with van der Waals surface area (Å²) >= 11 is 7.50. The van der Waals surface area contributed by atoms with Crippen LogP contribution in [0.3, 0.4) is 0 Å². The first kappa shape index (κ1) is 17.3. The molecular formula is C15H23ClN2OS. The average molecular weight is 315 g/mol. The van der Waals surface area contributed by atoms with E-state index in [1.807, 2.05) is 24.3 Å². The number of thioether (sulfide) groups is 1. The maximum Gasteiger partial charge on any atom is 0.220 e. The molecule has 1 rings (SSSR count). The maximum atomic E-state index is 11.7. The molecule has 0 heterocycles. The number of carbonyl (C=O) groups is 1. The number of hydrogen-bond acceptors (Lipinski definition) is 3. The van der Waals surface area contributed by atoms with Crippen LogP contribution in [-0.2, 0) is 4.79 Å². The second kappa shape index (κ2) is 10.1. The van der Waals surface area contributed by atoms with E-state index in [0.717, 1.165) is 41.8 Å². The molecule has 1 amide bonds. The fourth-order valence-electron chi connectivity index (χ4n) is 1.77. The Morgan fingerprint density at radius 3 is 2.50 bits per heavy atom. The number of carbonyl (C=O) groups excluding carboxylic acids is 1. The van der Waals surface area contributed by atoms with E-state index in [2.05, 4.69) is 24.1 Å². The van der Waals surface area contributed by atoms with E-state index in [1.54, 1.807) is 11.8 Å². The Balaban J connectivity index is 2.12. The molecule has 0 saturated carbocycles. The second-order valence-corrected chi connectivity index (χ2v) is 6.03. The number of rotatable bonds is 9. The zero-order chi connectivity index (χ0) is 14.8. The zero-order valence-corrected chi connectivity index (χ0v) is 13.8. The molecule has 1 N–H and O–H groups in total. The van der Waals surface area contributed by atoms with Gasteiger partial charge in [0.2, 0.25) is 5.91 Å². The SMILES string of the molecule is CCN(CC)CCNC(=O)CCSc1ccc(Cl)cc1. The summed E-state index contributed by atoms with van der Waals surface area (Å²) in [7, 11) is 0. The Morgan fingerprint density at radius 1 is 1.25 bits per heavy atom. The molecule has 0 aliphatic carbocycles. The van der Waals surface area contributed by atoms with Crippen LogP contribution in [0, 0.1) is 0 Å². The summed E-state index contributed by atoms with van der Waals surface area (Å²) in [5, 5.41) is 3.70. The molecule has 0 radical (unpaired) electrons. The quantitative estimate of drug-likeness (QED) is 0.710. The number of likely N-dealkylation sites (N-methyl/N-ethyl adjacent to an activating group) is 1. The summed E-state index contributed by atoms with van der Waals surface area (Å²) in [5.74, 6) is 0.914. The van der Waals surface area contributed by atoms with E-state index in [4.69, 9.17) is 11.6 Å². The third kappa shape index (κ3) is 7.17. The van der Waals surface area contributed by atoms with Crippen LogP contribution < -0.4 is 5.32 Å². The van der Waals surface area contributed by atoms with Gasteiger partial charge in [-0.25, -0.2) is 0 Å². The van der Waals surface area contributed by atoms with Crippen LogP contribution in [0.25, 0.3) is 0 Å². The minimum Gasteiger partial charge on any atom is -0.355 e. The number of amides is 1. The molecule has 0 spiro atoms. The van der Waals surface area contributed by atoms with E-state index in [9.17, 15) is 4.79 Å². The molecule has 0 fully saturated rings. The Morgan fingerprint density at radius 2 is 1.90 bits per heavy atom. The van der Waals surface area contributed by atoms with Crippen molar-refractivity contribution in [2.75, 3.05) is 31.9 Å². The predicted molar refractivity (Wildman–Crippen MR) is 87.6 cm³/mol. The smallest absolute Gasteiger partial charge is 0.220 e. The number of benzene rings is 1. The summed E-state index contributed by atoms with van der Waals surface area (Å²) in [5.41, 5.74) is 0. The highest BCUT2D eigenvalue weighted by molar-refractivity contribution is 7.99. The first-order chi connectivity index (χ1) is 9.65. The normalized spacial score (nSPS) is 10.8. The van der Waals surface area contributed by atoms with Gasteiger partial charge in [-0.2, -0.15) is 0 Å². The second-order valence-electron chi connectivity index (χ2n) is 4.43. The van der Waals surface area contributed by atoms with Gasteiger partial charge >= 0.3 is 0 Å². The fourth-order valence-corrected chi connectivity index (χ4v) is 2.75. The Hall–Kier alpha value is -0.710. The van der Waals surface area contributed by atoms with Crippen LogP contribution in [0.5, 0.6) is 0 Å². The molecule has 0 bridgehead atoms. The van der Waals surface area contributed by atoms with Crippen LogP contribution in [0.15, 0.2) is 29.2 Å². The number of nitrogens with one attached hydrogen (secondary N) is 1. The highest BCUT2D eigenvalue weighted by Gasteiger charge is 2.03. The third-order valence-corrected chi connectivity index (χ3v) is 4.32. The van der Waals surface area contributed by atoms with Crippen LogP contribution in [0.2, 0.25) is 5.02 Å². The van der Waals surface area contributed by atoms with Gasteiger partial charge in [-0.05, 0) is 37.4 Å². The predicted octanol–water partition coefficient (Wildman–Crippen LogP) is 3.28. The van der Waals surface area contributed by atoms with Gasteiger partial charge in [-0.15, -0.1) is 11.8 Å². The Bertz CT molecular complexity index is 393. The molecular weight excluding hydrogens is 292 g/mol. The van der Waals surface area contributed by atoms with Crippen molar-refractivity contribution in [3.8, 4) is 0 Å². The van der Waals surface area contributed by atoms with Crippen molar-refractivity contribution in [2.24, 2.45) is 0 Å². The lowest BCUT2D eigenvalue weighted by Crippen LogP contribution is -2.34. The van der Waals surface area contributed by atoms with E-state index in [-0.39, 0.29) is 5.91 Å². The van der Waals surface area contributed by atoms with Crippen molar-refractivity contribution in [3.05, 3.63) is 29.3 Å². The topological polar surface area (TPSA) is 32.3 Å². The van der Waals surface area contributed by atoms with Crippen molar-refractivity contribution >= 4 is 29.3 Å². The maximum absolute atomic E-state index is 11.7. The molecule has 0 aromatic heterocycles. The molecule has 0 atom stereocenters. The van der Waals surface area contributed by atoms with Crippen LogP contribution in [0.1, 0.15) is 20.3 Å². The van der Waals surface area contributed by atoms with E-state index < -0.39 is 0 Å². The Labute approximate surface area is 131 Å². The zero-order valence-electron chi connectivity index (χ0n) is 12.2. The van der Waals surface area contributed by atoms with E-state index in [0.29, 0.717) is 6.42 Å². The molecule has 0 unspecified atom stereocenters. The number of hydrogen-bond donors (Lipinski definition) is 1. The summed E-state index contributed by atoms with van der Waals surface area (Å²) in [6, 6.07) is 7.69. The van der Waals surface area contributed by atoms with Gasteiger partial charge in [0.15, 0.2) is 0 Å². The van der Waals surface area contributed by atoms with E-state index >= 15 is 0 Å². The summed E-state index contributed by atoms with van der Waals surface area (Å²) in [6.07, 6.45) is 0.547. The molecule has 3 nitrogen and oxygen atoms in total. The molecule has 0 saturated heterocycles. The Kier molecular flexibility index (Phi) is 8.74. The molecule has 112 valence electrons. The lowest BCUT2D eigenvalue weighted by molar-refractivity contribution is -0.120. The summed E-state index contributed by atoms with van der Waals surface area (Å²) < 4.78 is 0. The standard InChI is InChI=1S/C15H23ClN2OS/c1-3-18(4-2)11-10-17-15(19)9-12-20-14-7-5-13(16)6-8-14/h5-8H,3-4,9-12H2,1-2H3,(H,17,19). The molecule has 1 aromatic carbocycles. The van der Waals surface area contributed by atoms with Crippen molar-refractivity contribution in [2.45, 2.75) is 25.2 Å².